The lowest BCUT2D eigenvalue weighted by atomic mass is 10.0. The molecule has 2 aliphatic rings. The van der Waals surface area contributed by atoms with E-state index in [2.05, 4.69) is 57.1 Å². The average molecular weight is 554 g/mol. The zero-order chi connectivity index (χ0) is 28.7. The van der Waals surface area contributed by atoms with E-state index in [0.717, 1.165) is 55.1 Å². The number of rotatable bonds is 9. The Morgan fingerprint density at radius 3 is 2.66 bits per heavy atom. The second-order valence-corrected chi connectivity index (χ2v) is 11.7. The summed E-state index contributed by atoms with van der Waals surface area (Å²) < 4.78 is 0. The van der Waals surface area contributed by atoms with Gasteiger partial charge < -0.3 is 30.0 Å². The van der Waals surface area contributed by atoms with Crippen LogP contribution in [-0.2, 0) is 13.0 Å². The fourth-order valence-electron chi connectivity index (χ4n) is 6.08. The molecule has 2 aromatic carbocycles. The van der Waals surface area contributed by atoms with Gasteiger partial charge in [0.2, 0.25) is 0 Å². The largest absolute Gasteiger partial charge is 0.381 e. The number of fused-ring (bicyclic) bond motifs is 2. The highest BCUT2D eigenvalue weighted by atomic mass is 16.2. The van der Waals surface area contributed by atoms with Gasteiger partial charge in [-0.1, -0.05) is 6.07 Å². The molecular weight excluding hydrogens is 514 g/mol. The number of aromatic amines is 2. The predicted octanol–water partition coefficient (Wildman–Crippen LogP) is 4.39. The van der Waals surface area contributed by atoms with Gasteiger partial charge in [-0.3, -0.25) is 9.59 Å². The smallest absolute Gasteiger partial charge is 0.261 e. The zero-order valence-electron chi connectivity index (χ0n) is 24.4. The van der Waals surface area contributed by atoms with Crippen LogP contribution in [0.25, 0.3) is 22.4 Å². The summed E-state index contributed by atoms with van der Waals surface area (Å²) in [6.45, 7) is 8.78. The molecular formula is C32H39N7O2. The molecule has 2 aliphatic heterocycles. The van der Waals surface area contributed by atoms with Gasteiger partial charge in [0.1, 0.15) is 11.4 Å². The number of likely N-dealkylation sites (tertiary alicyclic amines) is 1. The topological polar surface area (TPSA) is 100 Å². The Morgan fingerprint density at radius 2 is 1.88 bits per heavy atom. The summed E-state index contributed by atoms with van der Waals surface area (Å²) >= 11 is 0. The first-order valence-corrected chi connectivity index (χ1v) is 14.6. The van der Waals surface area contributed by atoms with Crippen LogP contribution >= 0.6 is 0 Å². The number of anilines is 2. The minimum atomic E-state index is -0.219. The van der Waals surface area contributed by atoms with Crippen molar-refractivity contribution in [2.45, 2.75) is 45.7 Å². The summed E-state index contributed by atoms with van der Waals surface area (Å²) in [5.41, 5.74) is 7.86. The van der Waals surface area contributed by atoms with E-state index in [-0.39, 0.29) is 17.5 Å². The van der Waals surface area contributed by atoms with Crippen molar-refractivity contribution in [2.75, 3.05) is 50.5 Å². The number of aryl methyl sites for hydroxylation is 1. The second-order valence-electron chi connectivity index (χ2n) is 11.7. The number of H-pyrrole nitrogens is 2. The van der Waals surface area contributed by atoms with Gasteiger partial charge >= 0.3 is 0 Å². The first-order chi connectivity index (χ1) is 19.8. The Bertz CT molecular complexity index is 1650. The van der Waals surface area contributed by atoms with E-state index in [9.17, 15) is 9.59 Å². The third-order valence-electron chi connectivity index (χ3n) is 8.45. The molecule has 1 atom stereocenters. The molecule has 0 spiro atoms. The normalized spacial score (nSPS) is 16.0. The van der Waals surface area contributed by atoms with E-state index >= 15 is 0 Å². The Kier molecular flexibility index (Phi) is 7.30. The van der Waals surface area contributed by atoms with Gasteiger partial charge in [0.05, 0.1) is 16.7 Å². The first kappa shape index (κ1) is 27.1. The second kappa shape index (κ2) is 11.0. The number of carbonyl (C=O) groups is 1. The van der Waals surface area contributed by atoms with Crippen molar-refractivity contribution in [3.63, 3.8) is 0 Å². The third-order valence-corrected chi connectivity index (χ3v) is 8.45. The first-order valence-electron chi connectivity index (χ1n) is 14.6. The summed E-state index contributed by atoms with van der Waals surface area (Å²) in [5.74, 6) is 0.553. The third kappa shape index (κ3) is 5.46. The summed E-state index contributed by atoms with van der Waals surface area (Å²) in [6, 6.07) is 12.3. The minimum Gasteiger partial charge on any atom is -0.381 e. The molecule has 0 saturated carbocycles. The minimum absolute atomic E-state index is 0.0630. The predicted molar refractivity (Wildman–Crippen MR) is 165 cm³/mol. The molecule has 0 bridgehead atoms. The van der Waals surface area contributed by atoms with Crippen LogP contribution in [0, 0.1) is 6.92 Å². The van der Waals surface area contributed by atoms with Crippen molar-refractivity contribution in [3.8, 4) is 11.4 Å². The highest BCUT2D eigenvalue weighted by Gasteiger charge is 2.29. The van der Waals surface area contributed by atoms with Crippen molar-refractivity contribution in [1.29, 1.82) is 0 Å². The van der Waals surface area contributed by atoms with Crippen LogP contribution in [0.15, 0.2) is 47.4 Å². The maximum atomic E-state index is 13.2. The number of amides is 1. The molecule has 6 rings (SSSR count). The molecule has 4 aromatic rings. The number of nitrogens with zero attached hydrogens (tertiary/aromatic N) is 4. The number of nitrogens with one attached hydrogen (secondary N) is 3. The lowest BCUT2D eigenvalue weighted by molar-refractivity contribution is 0.0763. The zero-order valence-corrected chi connectivity index (χ0v) is 24.4. The number of carbonyl (C=O) groups excluding carboxylic acids is 1. The maximum Gasteiger partial charge on any atom is 0.261 e. The molecule has 1 fully saturated rings. The molecule has 0 aliphatic carbocycles. The highest BCUT2D eigenvalue weighted by Crippen LogP contribution is 2.30. The van der Waals surface area contributed by atoms with E-state index in [4.69, 9.17) is 4.98 Å². The molecule has 0 radical (unpaired) electrons. The fraction of sp³-hybridized carbons (Fsp3) is 0.406. The Morgan fingerprint density at radius 1 is 1.07 bits per heavy atom. The van der Waals surface area contributed by atoms with Crippen LogP contribution in [0.1, 0.15) is 46.8 Å². The fourth-order valence-corrected chi connectivity index (χ4v) is 6.08. The summed E-state index contributed by atoms with van der Waals surface area (Å²) in [4.78, 5) is 43.7. The maximum absolute atomic E-state index is 13.2. The van der Waals surface area contributed by atoms with Gasteiger partial charge in [0, 0.05) is 57.2 Å². The van der Waals surface area contributed by atoms with Gasteiger partial charge in [-0.25, -0.2) is 4.98 Å². The number of imidazole rings is 1. The quantitative estimate of drug-likeness (QED) is 0.284. The summed E-state index contributed by atoms with van der Waals surface area (Å²) in [7, 11) is 4.09. The van der Waals surface area contributed by atoms with Crippen molar-refractivity contribution < 1.29 is 4.79 Å². The van der Waals surface area contributed by atoms with E-state index in [1.165, 1.54) is 24.0 Å². The van der Waals surface area contributed by atoms with Crippen molar-refractivity contribution >= 4 is 28.3 Å². The van der Waals surface area contributed by atoms with Crippen LogP contribution in [-0.4, -0.2) is 77.0 Å². The monoisotopic (exact) mass is 553 g/mol. The Balaban J connectivity index is 1.23. The van der Waals surface area contributed by atoms with E-state index < -0.39 is 0 Å². The molecule has 3 N–H and O–H groups in total. The Labute approximate surface area is 240 Å². The Hall–Kier alpha value is -4.11. The molecule has 1 unspecified atom stereocenters. The molecule has 9 nitrogen and oxygen atoms in total. The summed E-state index contributed by atoms with van der Waals surface area (Å²) in [5, 5.41) is 3.56. The van der Waals surface area contributed by atoms with E-state index in [0.29, 0.717) is 29.0 Å². The van der Waals surface area contributed by atoms with Gasteiger partial charge in [-0.15, -0.1) is 0 Å². The van der Waals surface area contributed by atoms with Crippen LogP contribution < -0.4 is 15.8 Å². The summed E-state index contributed by atoms with van der Waals surface area (Å²) in [6.07, 6.45) is 4.96. The number of pyridine rings is 1. The van der Waals surface area contributed by atoms with Crippen LogP contribution in [0.3, 0.4) is 0 Å². The van der Waals surface area contributed by atoms with Gasteiger partial charge in [0.15, 0.2) is 0 Å². The van der Waals surface area contributed by atoms with Crippen LogP contribution in [0.4, 0.5) is 11.4 Å². The molecule has 41 heavy (non-hydrogen) atoms. The highest BCUT2D eigenvalue weighted by molar-refractivity contribution is 6.02. The number of hydrogen-bond donors (Lipinski definition) is 3. The number of benzene rings is 2. The van der Waals surface area contributed by atoms with E-state index in [1.54, 1.807) is 6.20 Å². The average Bonchev–Trinajstić information content (AvgIpc) is 3.67. The van der Waals surface area contributed by atoms with Gasteiger partial charge in [0.25, 0.3) is 11.5 Å². The number of hydrogen-bond acceptors (Lipinski definition) is 6. The molecule has 4 heterocycles. The standard InChI is InChI=1S/C32H39N7O2/c1-20-7-8-24(37(3)4)16-22(20)15-21(2)34-26-9-10-33-31(40)29(26)30-35-27-17-23-19-39(14-13-38-11-5-6-12-38)32(41)25(23)18-28(27)36-30/h7-10,16-18,21H,5-6,11-15,19H2,1-4H3,(H,35,36)(H2,33,34,40). The van der Waals surface area contributed by atoms with Crippen molar-refractivity contribution in [3.05, 3.63) is 75.2 Å². The number of aromatic nitrogens is 3. The lowest BCUT2D eigenvalue weighted by Gasteiger charge is -2.20. The molecule has 1 saturated heterocycles. The van der Waals surface area contributed by atoms with Crippen molar-refractivity contribution in [2.24, 2.45) is 0 Å². The molecule has 2 aromatic heterocycles. The lowest BCUT2D eigenvalue weighted by Crippen LogP contribution is -2.33. The van der Waals surface area contributed by atoms with Crippen LogP contribution in [0.2, 0.25) is 0 Å². The molecule has 1 amide bonds. The SMILES string of the molecule is Cc1ccc(N(C)C)cc1CC(C)Nc1cc[nH]c(=O)c1-c1nc2cc3c(cc2[nH]1)CN(CCN1CCCC1)C3=O. The van der Waals surface area contributed by atoms with Gasteiger partial charge in [-0.05, 0) is 93.2 Å². The van der Waals surface area contributed by atoms with Crippen LogP contribution in [0.5, 0.6) is 0 Å². The van der Waals surface area contributed by atoms with Crippen molar-refractivity contribution in [1.82, 2.24) is 24.8 Å². The molecule has 214 valence electrons. The molecule has 9 heteroatoms. The van der Waals surface area contributed by atoms with Gasteiger partial charge in [-0.2, -0.15) is 0 Å². The van der Waals surface area contributed by atoms with E-state index in [1.807, 2.05) is 37.2 Å².